The molecule has 1 amide bonds. The standard InChI is InChI=1S/C15H17NO3/c17-15(16-8-2-1-3-9-16)7-5-12-4-6-13-14(10-12)19-11-18-13/h4-7,10H,1-3,8-9,11H2. The van der Waals surface area contributed by atoms with E-state index < -0.39 is 0 Å². The lowest BCUT2D eigenvalue weighted by Gasteiger charge is -2.25. The van der Waals surface area contributed by atoms with Crippen LogP contribution in [-0.2, 0) is 4.79 Å². The zero-order valence-corrected chi connectivity index (χ0v) is 10.8. The van der Waals surface area contributed by atoms with Crippen LogP contribution >= 0.6 is 0 Å². The van der Waals surface area contributed by atoms with Gasteiger partial charge in [-0.3, -0.25) is 4.79 Å². The van der Waals surface area contributed by atoms with E-state index in [9.17, 15) is 4.79 Å². The van der Waals surface area contributed by atoms with Crippen molar-refractivity contribution in [3.8, 4) is 11.5 Å². The van der Waals surface area contributed by atoms with E-state index in [0.717, 1.165) is 43.0 Å². The predicted molar refractivity (Wildman–Crippen MR) is 72.0 cm³/mol. The number of amides is 1. The number of piperidine rings is 1. The summed E-state index contributed by atoms with van der Waals surface area (Å²) in [6, 6.07) is 5.68. The van der Waals surface area contributed by atoms with Gasteiger partial charge in [0.2, 0.25) is 12.7 Å². The molecule has 19 heavy (non-hydrogen) atoms. The van der Waals surface area contributed by atoms with Crippen molar-refractivity contribution < 1.29 is 14.3 Å². The molecule has 0 saturated carbocycles. The summed E-state index contributed by atoms with van der Waals surface area (Å²) in [5.41, 5.74) is 0.953. The Morgan fingerprint density at radius 1 is 1.11 bits per heavy atom. The van der Waals surface area contributed by atoms with E-state index in [0.29, 0.717) is 0 Å². The molecular formula is C15H17NO3. The molecule has 2 aliphatic heterocycles. The fourth-order valence-corrected chi connectivity index (χ4v) is 2.40. The minimum Gasteiger partial charge on any atom is -0.454 e. The van der Waals surface area contributed by atoms with Crippen LogP contribution in [0.4, 0.5) is 0 Å². The van der Waals surface area contributed by atoms with Gasteiger partial charge < -0.3 is 14.4 Å². The largest absolute Gasteiger partial charge is 0.454 e. The van der Waals surface area contributed by atoms with E-state index >= 15 is 0 Å². The third-order valence-corrected chi connectivity index (χ3v) is 3.48. The SMILES string of the molecule is O=C(C=Cc1ccc2c(c1)OCO2)N1CCCCC1. The first-order valence-corrected chi connectivity index (χ1v) is 6.69. The molecule has 0 bridgehead atoms. The fourth-order valence-electron chi connectivity index (χ4n) is 2.40. The Kier molecular flexibility index (Phi) is 3.40. The van der Waals surface area contributed by atoms with Gasteiger partial charge in [0, 0.05) is 19.2 Å². The van der Waals surface area contributed by atoms with Crippen molar-refractivity contribution in [3.05, 3.63) is 29.8 Å². The fraction of sp³-hybridized carbons (Fsp3) is 0.400. The Balaban J connectivity index is 1.66. The molecular weight excluding hydrogens is 242 g/mol. The summed E-state index contributed by atoms with van der Waals surface area (Å²) < 4.78 is 10.6. The molecule has 0 unspecified atom stereocenters. The van der Waals surface area contributed by atoms with Gasteiger partial charge in [-0.1, -0.05) is 6.07 Å². The van der Waals surface area contributed by atoms with Gasteiger partial charge in [-0.05, 0) is 43.0 Å². The Morgan fingerprint density at radius 3 is 2.74 bits per heavy atom. The number of benzene rings is 1. The van der Waals surface area contributed by atoms with Crippen LogP contribution in [0.5, 0.6) is 11.5 Å². The average molecular weight is 259 g/mol. The molecule has 0 N–H and O–H groups in total. The van der Waals surface area contributed by atoms with Gasteiger partial charge in [-0.15, -0.1) is 0 Å². The summed E-state index contributed by atoms with van der Waals surface area (Å²) in [5, 5.41) is 0. The maximum absolute atomic E-state index is 12.0. The second kappa shape index (κ2) is 5.34. The third kappa shape index (κ3) is 2.72. The summed E-state index contributed by atoms with van der Waals surface area (Å²) in [6.45, 7) is 2.03. The lowest BCUT2D eigenvalue weighted by Crippen LogP contribution is -2.34. The first-order chi connectivity index (χ1) is 9.33. The molecule has 0 aromatic heterocycles. The molecule has 2 heterocycles. The first-order valence-electron chi connectivity index (χ1n) is 6.69. The van der Waals surface area contributed by atoms with E-state index in [1.807, 2.05) is 29.2 Å². The molecule has 0 radical (unpaired) electrons. The van der Waals surface area contributed by atoms with Crippen LogP contribution in [0.1, 0.15) is 24.8 Å². The molecule has 1 saturated heterocycles. The Hall–Kier alpha value is -1.97. The van der Waals surface area contributed by atoms with Crippen LogP contribution in [0, 0.1) is 0 Å². The van der Waals surface area contributed by atoms with Gasteiger partial charge >= 0.3 is 0 Å². The highest BCUT2D eigenvalue weighted by Crippen LogP contribution is 2.32. The minimum atomic E-state index is 0.0948. The molecule has 1 aromatic rings. The van der Waals surface area contributed by atoms with E-state index in [1.165, 1.54) is 6.42 Å². The lowest BCUT2D eigenvalue weighted by atomic mass is 10.1. The number of rotatable bonds is 2. The Labute approximate surface area is 112 Å². The lowest BCUT2D eigenvalue weighted by molar-refractivity contribution is -0.126. The Bertz CT molecular complexity index is 504. The quantitative estimate of drug-likeness (QED) is 0.766. The highest BCUT2D eigenvalue weighted by Gasteiger charge is 2.14. The van der Waals surface area contributed by atoms with E-state index in [4.69, 9.17) is 9.47 Å². The highest BCUT2D eigenvalue weighted by atomic mass is 16.7. The molecule has 100 valence electrons. The van der Waals surface area contributed by atoms with Gasteiger partial charge in [-0.25, -0.2) is 0 Å². The van der Waals surface area contributed by atoms with Crippen molar-refractivity contribution >= 4 is 12.0 Å². The molecule has 1 fully saturated rings. The second-order valence-electron chi connectivity index (χ2n) is 4.83. The van der Waals surface area contributed by atoms with Gasteiger partial charge in [0.1, 0.15) is 0 Å². The van der Waals surface area contributed by atoms with Crippen molar-refractivity contribution in [1.82, 2.24) is 4.90 Å². The average Bonchev–Trinajstić information content (AvgIpc) is 2.93. The van der Waals surface area contributed by atoms with Crippen LogP contribution in [0.25, 0.3) is 6.08 Å². The predicted octanol–water partition coefficient (Wildman–Crippen LogP) is 2.44. The van der Waals surface area contributed by atoms with Crippen molar-refractivity contribution in [2.45, 2.75) is 19.3 Å². The van der Waals surface area contributed by atoms with Crippen molar-refractivity contribution in [3.63, 3.8) is 0 Å². The number of ether oxygens (including phenoxy) is 2. The molecule has 0 atom stereocenters. The van der Waals surface area contributed by atoms with E-state index in [1.54, 1.807) is 6.08 Å². The monoisotopic (exact) mass is 259 g/mol. The maximum atomic E-state index is 12.0. The van der Waals surface area contributed by atoms with Gasteiger partial charge in [0.05, 0.1) is 0 Å². The molecule has 4 nitrogen and oxygen atoms in total. The van der Waals surface area contributed by atoms with Crippen LogP contribution in [0.3, 0.4) is 0 Å². The number of likely N-dealkylation sites (tertiary alicyclic amines) is 1. The molecule has 1 aromatic carbocycles. The third-order valence-electron chi connectivity index (χ3n) is 3.48. The van der Waals surface area contributed by atoms with E-state index in [2.05, 4.69) is 0 Å². The highest BCUT2D eigenvalue weighted by molar-refractivity contribution is 5.91. The van der Waals surface area contributed by atoms with Crippen LogP contribution in [0.2, 0.25) is 0 Å². The molecule has 0 aliphatic carbocycles. The summed E-state index contributed by atoms with van der Waals surface area (Å²) >= 11 is 0. The molecule has 4 heteroatoms. The summed E-state index contributed by atoms with van der Waals surface area (Å²) in [4.78, 5) is 13.9. The summed E-state index contributed by atoms with van der Waals surface area (Å²) in [5.74, 6) is 1.60. The zero-order valence-electron chi connectivity index (χ0n) is 10.8. The molecule has 2 aliphatic rings. The van der Waals surface area contributed by atoms with Crippen LogP contribution in [0.15, 0.2) is 24.3 Å². The Morgan fingerprint density at radius 2 is 1.89 bits per heavy atom. The number of carbonyl (C=O) groups excluding carboxylic acids is 1. The zero-order chi connectivity index (χ0) is 13.1. The van der Waals surface area contributed by atoms with Gasteiger partial charge in [0.25, 0.3) is 0 Å². The molecule has 0 spiro atoms. The summed E-state index contributed by atoms with van der Waals surface area (Å²) in [7, 11) is 0. The van der Waals surface area contributed by atoms with Crippen LogP contribution in [-0.4, -0.2) is 30.7 Å². The van der Waals surface area contributed by atoms with Crippen molar-refractivity contribution in [2.75, 3.05) is 19.9 Å². The molecule has 3 rings (SSSR count). The minimum absolute atomic E-state index is 0.0948. The van der Waals surface area contributed by atoms with Gasteiger partial charge in [0.15, 0.2) is 11.5 Å². The normalized spacial score (nSPS) is 18.0. The number of hydrogen-bond donors (Lipinski definition) is 0. The van der Waals surface area contributed by atoms with Gasteiger partial charge in [-0.2, -0.15) is 0 Å². The maximum Gasteiger partial charge on any atom is 0.246 e. The first kappa shape index (κ1) is 12.1. The number of fused-ring (bicyclic) bond motifs is 1. The smallest absolute Gasteiger partial charge is 0.246 e. The van der Waals surface area contributed by atoms with Crippen LogP contribution < -0.4 is 9.47 Å². The number of nitrogens with zero attached hydrogens (tertiary/aromatic N) is 1. The van der Waals surface area contributed by atoms with Crippen molar-refractivity contribution in [2.24, 2.45) is 0 Å². The topological polar surface area (TPSA) is 38.8 Å². The summed E-state index contributed by atoms with van der Waals surface area (Å²) in [6.07, 6.45) is 6.94. The number of carbonyl (C=O) groups is 1. The second-order valence-corrected chi connectivity index (χ2v) is 4.83. The van der Waals surface area contributed by atoms with E-state index in [-0.39, 0.29) is 12.7 Å². The number of hydrogen-bond acceptors (Lipinski definition) is 3. The van der Waals surface area contributed by atoms with Crippen molar-refractivity contribution in [1.29, 1.82) is 0 Å².